The largest absolute Gasteiger partial charge is 0.484 e. The zero-order valence-electron chi connectivity index (χ0n) is 23.7. The van der Waals surface area contributed by atoms with Gasteiger partial charge in [-0.3, -0.25) is 14.4 Å². The van der Waals surface area contributed by atoms with Gasteiger partial charge in [0.25, 0.3) is 5.91 Å². The molecule has 2 aromatic carbocycles. The number of anilines is 1. The van der Waals surface area contributed by atoms with Gasteiger partial charge in [0.15, 0.2) is 18.2 Å². The van der Waals surface area contributed by atoms with E-state index in [4.69, 9.17) is 9.47 Å². The molecule has 0 spiro atoms. The molecular formula is C33H37NO5. The van der Waals surface area contributed by atoms with Gasteiger partial charge in [0.1, 0.15) is 17.3 Å². The highest BCUT2D eigenvalue weighted by molar-refractivity contribution is 6.06. The first-order chi connectivity index (χ1) is 18.3. The Balaban J connectivity index is 1.43. The molecule has 1 amide bonds. The van der Waals surface area contributed by atoms with Gasteiger partial charge in [-0.15, -0.1) is 0 Å². The average molecular weight is 528 g/mol. The standard InChI is InChI=1S/C33H37NO5/c1-19-10-11-22(12-20(19)2)34-28(37)18-38-23-9-7-8-21(13-23)29-30-24(35)14-32(3,4)16-26(30)39-27-17-33(5,6)15-25(36)31(27)29/h7-13,29H,14-18H2,1-6H3,(H,34,37). The van der Waals surface area contributed by atoms with Gasteiger partial charge in [0, 0.05) is 48.4 Å². The molecular weight excluding hydrogens is 490 g/mol. The predicted molar refractivity (Wildman–Crippen MR) is 150 cm³/mol. The fourth-order valence-electron chi connectivity index (χ4n) is 5.96. The summed E-state index contributed by atoms with van der Waals surface area (Å²) in [4.78, 5) is 39.6. The zero-order chi connectivity index (χ0) is 28.1. The average Bonchev–Trinajstić information content (AvgIpc) is 2.82. The lowest BCUT2D eigenvalue weighted by Gasteiger charge is -2.42. The molecule has 0 saturated heterocycles. The van der Waals surface area contributed by atoms with E-state index in [0.717, 1.165) is 22.4 Å². The number of allylic oxidation sites excluding steroid dienone is 4. The lowest BCUT2D eigenvalue weighted by Crippen LogP contribution is -2.37. The molecule has 6 heteroatoms. The van der Waals surface area contributed by atoms with Crippen LogP contribution in [0.3, 0.4) is 0 Å². The van der Waals surface area contributed by atoms with Crippen LogP contribution in [0, 0.1) is 24.7 Å². The number of nitrogens with one attached hydrogen (secondary N) is 1. The normalized spacial score (nSPS) is 20.3. The van der Waals surface area contributed by atoms with Crippen molar-refractivity contribution in [2.45, 2.75) is 73.1 Å². The van der Waals surface area contributed by atoms with Crippen molar-refractivity contribution < 1.29 is 23.9 Å². The van der Waals surface area contributed by atoms with Crippen LogP contribution in [-0.4, -0.2) is 24.1 Å². The number of rotatable bonds is 5. The van der Waals surface area contributed by atoms with Crippen molar-refractivity contribution in [2.75, 3.05) is 11.9 Å². The van der Waals surface area contributed by atoms with E-state index in [-0.39, 0.29) is 34.9 Å². The molecule has 0 atom stereocenters. The summed E-state index contributed by atoms with van der Waals surface area (Å²) >= 11 is 0. The first-order valence-corrected chi connectivity index (χ1v) is 13.6. The second-order valence-electron chi connectivity index (χ2n) is 12.8. The molecule has 5 rings (SSSR count). The molecule has 0 unspecified atom stereocenters. The Labute approximate surface area is 230 Å². The summed E-state index contributed by atoms with van der Waals surface area (Å²) in [6.45, 7) is 12.2. The Hall–Kier alpha value is -3.67. The summed E-state index contributed by atoms with van der Waals surface area (Å²) in [5.74, 6) is 1.16. The van der Waals surface area contributed by atoms with Crippen LogP contribution in [0.2, 0.25) is 0 Å². The Morgan fingerprint density at radius 1 is 0.872 bits per heavy atom. The van der Waals surface area contributed by atoms with Gasteiger partial charge in [-0.2, -0.15) is 0 Å². The molecule has 1 heterocycles. The molecule has 0 radical (unpaired) electrons. The molecule has 1 N–H and O–H groups in total. The quantitative estimate of drug-likeness (QED) is 0.467. The zero-order valence-corrected chi connectivity index (χ0v) is 23.7. The van der Waals surface area contributed by atoms with Gasteiger partial charge in [0.05, 0.1) is 0 Å². The molecule has 0 aromatic heterocycles. The fraction of sp³-hybridized carbons (Fsp3) is 0.424. The van der Waals surface area contributed by atoms with Gasteiger partial charge in [-0.1, -0.05) is 45.9 Å². The first kappa shape index (κ1) is 26.9. The van der Waals surface area contributed by atoms with Gasteiger partial charge in [-0.25, -0.2) is 0 Å². The third-order valence-corrected chi connectivity index (χ3v) is 7.93. The topological polar surface area (TPSA) is 81.7 Å². The van der Waals surface area contributed by atoms with E-state index in [2.05, 4.69) is 33.0 Å². The Bertz CT molecular complexity index is 1390. The minimum atomic E-state index is -0.496. The summed E-state index contributed by atoms with van der Waals surface area (Å²) in [5.41, 5.74) is 4.54. The molecule has 2 aliphatic carbocycles. The number of hydrogen-bond acceptors (Lipinski definition) is 5. The van der Waals surface area contributed by atoms with E-state index < -0.39 is 5.92 Å². The maximum atomic E-state index is 13.5. The number of amides is 1. The van der Waals surface area contributed by atoms with E-state index >= 15 is 0 Å². The van der Waals surface area contributed by atoms with Gasteiger partial charge < -0.3 is 14.8 Å². The van der Waals surface area contributed by atoms with E-state index in [0.29, 0.717) is 54.1 Å². The van der Waals surface area contributed by atoms with Crippen LogP contribution < -0.4 is 10.1 Å². The third kappa shape index (κ3) is 5.56. The van der Waals surface area contributed by atoms with Gasteiger partial charge in [0.2, 0.25) is 0 Å². The third-order valence-electron chi connectivity index (χ3n) is 7.93. The van der Waals surface area contributed by atoms with Crippen molar-refractivity contribution in [3.05, 3.63) is 81.8 Å². The molecule has 0 bridgehead atoms. The van der Waals surface area contributed by atoms with Crippen molar-refractivity contribution in [3.8, 4) is 5.75 Å². The number of benzene rings is 2. The van der Waals surface area contributed by atoms with Crippen LogP contribution in [0.4, 0.5) is 5.69 Å². The smallest absolute Gasteiger partial charge is 0.262 e. The van der Waals surface area contributed by atoms with E-state index in [9.17, 15) is 14.4 Å². The van der Waals surface area contributed by atoms with Crippen molar-refractivity contribution in [2.24, 2.45) is 10.8 Å². The molecule has 3 aliphatic rings. The first-order valence-electron chi connectivity index (χ1n) is 13.6. The molecule has 0 saturated carbocycles. The number of carbonyl (C=O) groups is 3. The predicted octanol–water partition coefficient (Wildman–Crippen LogP) is 6.72. The SMILES string of the molecule is Cc1ccc(NC(=O)COc2cccc(C3C4=C(CC(C)(C)CC4=O)OC4=C3C(=O)CC(C)(C)C4)c2)cc1C. The number of aryl methyl sites for hydroxylation is 2. The highest BCUT2D eigenvalue weighted by atomic mass is 16.5. The van der Waals surface area contributed by atoms with E-state index in [1.807, 2.05) is 50.2 Å². The van der Waals surface area contributed by atoms with Crippen LogP contribution in [0.25, 0.3) is 0 Å². The van der Waals surface area contributed by atoms with Crippen molar-refractivity contribution >= 4 is 23.2 Å². The lowest BCUT2D eigenvalue weighted by molar-refractivity contribution is -0.120. The number of carbonyl (C=O) groups excluding carboxylic acids is 3. The lowest BCUT2D eigenvalue weighted by atomic mass is 9.65. The van der Waals surface area contributed by atoms with Gasteiger partial charge >= 0.3 is 0 Å². The Morgan fingerprint density at radius 2 is 1.49 bits per heavy atom. The highest BCUT2D eigenvalue weighted by Gasteiger charge is 2.47. The minimum absolute atomic E-state index is 0.0227. The molecule has 204 valence electrons. The second-order valence-corrected chi connectivity index (χ2v) is 12.8. The van der Waals surface area contributed by atoms with Crippen LogP contribution in [0.15, 0.2) is 65.1 Å². The monoisotopic (exact) mass is 527 g/mol. The minimum Gasteiger partial charge on any atom is -0.484 e. The number of ketones is 2. The van der Waals surface area contributed by atoms with Crippen LogP contribution >= 0.6 is 0 Å². The van der Waals surface area contributed by atoms with Crippen LogP contribution in [-0.2, 0) is 19.1 Å². The highest BCUT2D eigenvalue weighted by Crippen LogP contribution is 2.53. The number of ether oxygens (including phenoxy) is 2. The van der Waals surface area contributed by atoms with E-state index in [1.165, 1.54) is 0 Å². The molecule has 0 fully saturated rings. The Kier molecular flexibility index (Phi) is 6.78. The summed E-state index contributed by atoms with van der Waals surface area (Å²) in [7, 11) is 0. The number of hydrogen-bond donors (Lipinski definition) is 1. The van der Waals surface area contributed by atoms with Crippen molar-refractivity contribution in [1.82, 2.24) is 0 Å². The summed E-state index contributed by atoms with van der Waals surface area (Å²) in [5, 5.41) is 2.87. The van der Waals surface area contributed by atoms with Crippen molar-refractivity contribution in [3.63, 3.8) is 0 Å². The maximum absolute atomic E-state index is 13.5. The fourth-order valence-corrected chi connectivity index (χ4v) is 5.96. The van der Waals surface area contributed by atoms with Gasteiger partial charge in [-0.05, 0) is 65.6 Å². The van der Waals surface area contributed by atoms with E-state index in [1.54, 1.807) is 6.07 Å². The Morgan fingerprint density at radius 3 is 2.08 bits per heavy atom. The molecule has 39 heavy (non-hydrogen) atoms. The van der Waals surface area contributed by atoms with Crippen LogP contribution in [0.1, 0.15) is 76.0 Å². The number of Topliss-reactive ketones (excluding diaryl/α,β-unsaturated/α-hetero) is 2. The summed E-state index contributed by atoms with van der Waals surface area (Å²) < 4.78 is 12.2. The molecule has 6 nitrogen and oxygen atoms in total. The summed E-state index contributed by atoms with van der Waals surface area (Å²) in [6.07, 6.45) is 2.10. The molecule has 2 aromatic rings. The molecule has 1 aliphatic heterocycles. The maximum Gasteiger partial charge on any atom is 0.262 e. The second kappa shape index (κ2) is 9.82. The van der Waals surface area contributed by atoms with Crippen molar-refractivity contribution in [1.29, 1.82) is 0 Å². The van der Waals surface area contributed by atoms with Crippen LogP contribution in [0.5, 0.6) is 5.75 Å². The summed E-state index contributed by atoms with van der Waals surface area (Å²) in [6, 6.07) is 13.2.